The lowest BCUT2D eigenvalue weighted by Gasteiger charge is -2.14. The van der Waals surface area contributed by atoms with Gasteiger partial charge in [-0.25, -0.2) is 4.99 Å². The Labute approximate surface area is 174 Å². The highest BCUT2D eigenvalue weighted by atomic mass is 32.2. The fraction of sp³-hybridized carbons (Fsp3) is 0.273. The van der Waals surface area contributed by atoms with Crippen molar-refractivity contribution in [2.45, 2.75) is 20.3 Å². The van der Waals surface area contributed by atoms with E-state index in [-0.39, 0.29) is 11.7 Å². The van der Waals surface area contributed by atoms with Gasteiger partial charge in [-0.3, -0.25) is 9.69 Å². The number of para-hydroxylation sites is 1. The van der Waals surface area contributed by atoms with Gasteiger partial charge in [0, 0.05) is 12.1 Å². The highest BCUT2D eigenvalue weighted by Gasteiger charge is 2.33. The lowest BCUT2D eigenvalue weighted by Crippen LogP contribution is -2.29. The monoisotopic (exact) mass is 412 g/mol. The molecule has 0 aliphatic carbocycles. The summed E-state index contributed by atoms with van der Waals surface area (Å²) in [5.41, 5.74) is 1.28. The number of amidine groups is 1. The zero-order chi connectivity index (χ0) is 20.8. The van der Waals surface area contributed by atoms with Gasteiger partial charge in [-0.15, -0.1) is 0 Å². The number of methoxy groups -OCH3 is 1. The van der Waals surface area contributed by atoms with E-state index in [1.54, 1.807) is 36.3 Å². The van der Waals surface area contributed by atoms with Crippen LogP contribution in [0.3, 0.4) is 0 Å². The topological polar surface area (TPSA) is 71.4 Å². The third kappa shape index (κ3) is 4.74. The smallest absolute Gasteiger partial charge is 0.266 e. The van der Waals surface area contributed by atoms with Crippen molar-refractivity contribution >= 4 is 34.6 Å². The fourth-order valence-corrected chi connectivity index (χ4v) is 3.86. The van der Waals surface area contributed by atoms with E-state index in [1.165, 1.54) is 11.8 Å². The molecule has 1 fully saturated rings. The maximum atomic E-state index is 12.9. The van der Waals surface area contributed by atoms with Crippen molar-refractivity contribution in [2.24, 2.45) is 4.99 Å². The number of carbonyl (C=O) groups is 1. The molecule has 6 nitrogen and oxygen atoms in total. The predicted octanol–water partition coefficient (Wildman–Crippen LogP) is 4.81. The van der Waals surface area contributed by atoms with Gasteiger partial charge in [0.1, 0.15) is 5.75 Å². The van der Waals surface area contributed by atoms with Crippen LogP contribution >= 0.6 is 11.8 Å². The van der Waals surface area contributed by atoms with Crippen LogP contribution in [0.5, 0.6) is 17.2 Å². The van der Waals surface area contributed by atoms with Crippen LogP contribution in [0.2, 0.25) is 0 Å². The third-order valence-electron chi connectivity index (χ3n) is 4.25. The van der Waals surface area contributed by atoms with Gasteiger partial charge in [-0.2, -0.15) is 0 Å². The minimum atomic E-state index is -0.120. The second-order valence-electron chi connectivity index (χ2n) is 6.29. The second-order valence-corrected chi connectivity index (χ2v) is 7.30. The van der Waals surface area contributed by atoms with Crippen molar-refractivity contribution in [1.29, 1.82) is 0 Å². The summed E-state index contributed by atoms with van der Waals surface area (Å²) in [6.07, 6.45) is 2.50. The number of rotatable bonds is 7. The van der Waals surface area contributed by atoms with Crippen molar-refractivity contribution in [2.75, 3.05) is 20.3 Å². The number of thioether (sulfide) groups is 1. The van der Waals surface area contributed by atoms with Crippen LogP contribution in [-0.4, -0.2) is 41.3 Å². The first-order valence-corrected chi connectivity index (χ1v) is 10.3. The standard InChI is InChI=1S/C22H24N2O4S/c1-4-13-24-21(26)19(14-15-7-6-8-18(20(15)25)28-5-2)29-22(24)23-16-9-11-17(27-3)12-10-16/h6-12,14,25H,4-5,13H2,1-3H3/b19-14+,23-22?. The molecule has 29 heavy (non-hydrogen) atoms. The SMILES string of the molecule is CCCN1C(=O)/C(=C\c2cccc(OCC)c2O)SC1=Nc1ccc(OC)cc1. The number of aliphatic imine (C=N–C) groups is 1. The van der Waals surface area contributed by atoms with Crippen LogP contribution < -0.4 is 9.47 Å². The molecular weight excluding hydrogens is 388 g/mol. The maximum Gasteiger partial charge on any atom is 0.266 e. The molecule has 1 aliphatic heterocycles. The molecule has 0 atom stereocenters. The number of nitrogens with zero attached hydrogens (tertiary/aromatic N) is 2. The summed E-state index contributed by atoms with van der Waals surface area (Å²) in [7, 11) is 1.61. The number of aromatic hydroxyl groups is 1. The fourth-order valence-electron chi connectivity index (χ4n) is 2.85. The van der Waals surface area contributed by atoms with E-state index >= 15 is 0 Å². The first kappa shape index (κ1) is 20.8. The molecule has 0 saturated carbocycles. The summed E-state index contributed by atoms with van der Waals surface area (Å²) in [4.78, 5) is 19.8. The van der Waals surface area contributed by atoms with Crippen molar-refractivity contribution < 1.29 is 19.4 Å². The van der Waals surface area contributed by atoms with Gasteiger partial charge >= 0.3 is 0 Å². The Hall–Kier alpha value is -2.93. The van der Waals surface area contributed by atoms with Gasteiger partial charge < -0.3 is 14.6 Å². The largest absolute Gasteiger partial charge is 0.504 e. The summed E-state index contributed by atoms with van der Waals surface area (Å²) >= 11 is 1.30. The summed E-state index contributed by atoms with van der Waals surface area (Å²) in [6.45, 7) is 4.89. The van der Waals surface area contributed by atoms with E-state index in [2.05, 4.69) is 4.99 Å². The van der Waals surface area contributed by atoms with E-state index in [4.69, 9.17) is 9.47 Å². The van der Waals surface area contributed by atoms with Crippen LogP contribution in [0, 0.1) is 0 Å². The first-order valence-electron chi connectivity index (χ1n) is 9.46. The van der Waals surface area contributed by atoms with Crippen LogP contribution in [0.15, 0.2) is 52.4 Å². The molecule has 1 saturated heterocycles. The van der Waals surface area contributed by atoms with Gasteiger partial charge in [0.2, 0.25) is 0 Å². The molecule has 2 aromatic rings. The molecule has 152 valence electrons. The Kier molecular flexibility index (Phi) is 6.82. The zero-order valence-electron chi connectivity index (χ0n) is 16.7. The molecule has 3 rings (SSSR count). The highest BCUT2D eigenvalue weighted by molar-refractivity contribution is 8.18. The minimum absolute atomic E-state index is 0.0258. The number of ether oxygens (including phenoxy) is 2. The molecule has 7 heteroatoms. The maximum absolute atomic E-state index is 12.9. The molecule has 0 unspecified atom stereocenters. The molecule has 0 bridgehead atoms. The van der Waals surface area contributed by atoms with Crippen molar-refractivity contribution in [3.05, 3.63) is 52.9 Å². The van der Waals surface area contributed by atoms with E-state index < -0.39 is 0 Å². The number of amides is 1. The molecule has 1 heterocycles. The van der Waals surface area contributed by atoms with Crippen molar-refractivity contribution in [3.63, 3.8) is 0 Å². The predicted molar refractivity (Wildman–Crippen MR) is 117 cm³/mol. The highest BCUT2D eigenvalue weighted by Crippen LogP contribution is 2.37. The van der Waals surface area contributed by atoms with Crippen molar-refractivity contribution in [1.82, 2.24) is 4.90 Å². The zero-order valence-corrected chi connectivity index (χ0v) is 17.5. The van der Waals surface area contributed by atoms with Gasteiger partial charge in [-0.05, 0) is 61.5 Å². The minimum Gasteiger partial charge on any atom is -0.504 e. The van der Waals surface area contributed by atoms with Crippen LogP contribution in [0.1, 0.15) is 25.8 Å². The molecule has 0 radical (unpaired) electrons. The molecule has 0 aromatic heterocycles. The molecule has 2 aromatic carbocycles. The lowest BCUT2D eigenvalue weighted by molar-refractivity contribution is -0.122. The number of carbonyl (C=O) groups excluding carboxylic acids is 1. The number of phenols is 1. The quantitative estimate of drug-likeness (QED) is 0.661. The van der Waals surface area contributed by atoms with Crippen LogP contribution in [-0.2, 0) is 4.79 Å². The first-order chi connectivity index (χ1) is 14.1. The Bertz CT molecular complexity index is 938. The van der Waals surface area contributed by atoms with Gasteiger partial charge in [0.25, 0.3) is 5.91 Å². The Morgan fingerprint density at radius 2 is 1.93 bits per heavy atom. The Morgan fingerprint density at radius 3 is 2.59 bits per heavy atom. The van der Waals surface area contributed by atoms with Gasteiger partial charge in [0.15, 0.2) is 16.7 Å². The van der Waals surface area contributed by atoms with E-state index in [9.17, 15) is 9.90 Å². The van der Waals surface area contributed by atoms with Crippen LogP contribution in [0.4, 0.5) is 5.69 Å². The van der Waals surface area contributed by atoms with Crippen LogP contribution in [0.25, 0.3) is 6.08 Å². The summed E-state index contributed by atoms with van der Waals surface area (Å²) in [5, 5.41) is 11.1. The normalized spacial score (nSPS) is 16.7. The Balaban J connectivity index is 1.93. The van der Waals surface area contributed by atoms with Gasteiger partial charge in [-0.1, -0.05) is 19.1 Å². The molecule has 1 amide bonds. The van der Waals surface area contributed by atoms with Crippen molar-refractivity contribution in [3.8, 4) is 17.2 Å². The number of hydrogen-bond donors (Lipinski definition) is 1. The van der Waals surface area contributed by atoms with E-state index in [0.29, 0.717) is 34.5 Å². The molecule has 1 aliphatic rings. The van der Waals surface area contributed by atoms with Gasteiger partial charge in [0.05, 0.1) is 24.3 Å². The number of benzene rings is 2. The second kappa shape index (κ2) is 9.52. The molecular formula is C22H24N2O4S. The summed E-state index contributed by atoms with van der Waals surface area (Å²) in [5.74, 6) is 1.05. The summed E-state index contributed by atoms with van der Waals surface area (Å²) < 4.78 is 10.6. The average Bonchev–Trinajstić information content (AvgIpc) is 3.01. The summed E-state index contributed by atoms with van der Waals surface area (Å²) in [6, 6.07) is 12.6. The van der Waals surface area contributed by atoms with E-state index in [1.807, 2.05) is 38.1 Å². The lowest BCUT2D eigenvalue weighted by atomic mass is 10.1. The van der Waals surface area contributed by atoms with E-state index in [0.717, 1.165) is 17.9 Å². The third-order valence-corrected chi connectivity index (χ3v) is 5.26. The molecule has 0 spiro atoms. The number of phenolic OH excluding ortho intramolecular Hbond substituents is 1. The average molecular weight is 413 g/mol. The Morgan fingerprint density at radius 1 is 1.17 bits per heavy atom. The molecule has 1 N–H and O–H groups in total. The number of hydrogen-bond acceptors (Lipinski definition) is 6.